The molecule has 0 radical (unpaired) electrons. The molecular weight excluding hydrogens is 462 g/mol. The molecule has 0 aromatic heterocycles. The second-order valence-corrected chi connectivity index (χ2v) is 9.60. The first-order valence-corrected chi connectivity index (χ1v) is 11.9. The molecule has 3 rings (SSSR count). The molecule has 0 spiro atoms. The van der Waals surface area contributed by atoms with E-state index in [1.807, 2.05) is 18.2 Å². The van der Waals surface area contributed by atoms with Gasteiger partial charge in [-0.1, -0.05) is 60.1 Å². The number of carbonyl (C=O) groups excluding carboxylic acids is 1. The smallest absolute Gasteiger partial charge is 0.255 e. The van der Waals surface area contributed by atoms with Gasteiger partial charge in [-0.05, 0) is 47.9 Å². The second-order valence-electron chi connectivity index (χ2n) is 7.26. The SMILES string of the molecule is COc1ccc(C)cc1S(=O)(=O)N(CC(=O)NN=Cc1ccc(Cl)cc1)Cc1ccccc1. The Balaban J connectivity index is 1.84. The molecule has 0 atom stereocenters. The molecule has 1 N–H and O–H groups in total. The third kappa shape index (κ3) is 6.64. The lowest BCUT2D eigenvalue weighted by atomic mass is 10.2. The Labute approximate surface area is 198 Å². The summed E-state index contributed by atoms with van der Waals surface area (Å²) in [7, 11) is -2.65. The molecule has 0 saturated heterocycles. The molecule has 0 heterocycles. The molecule has 0 saturated carbocycles. The average molecular weight is 486 g/mol. The quantitative estimate of drug-likeness (QED) is 0.366. The fourth-order valence-electron chi connectivity index (χ4n) is 3.06. The maximum atomic E-state index is 13.5. The van der Waals surface area contributed by atoms with Crippen molar-refractivity contribution in [2.75, 3.05) is 13.7 Å². The lowest BCUT2D eigenvalue weighted by Gasteiger charge is -2.23. The third-order valence-electron chi connectivity index (χ3n) is 4.73. The predicted octanol–water partition coefficient (Wildman–Crippen LogP) is 4.00. The van der Waals surface area contributed by atoms with E-state index in [0.29, 0.717) is 5.02 Å². The number of hydrogen-bond acceptors (Lipinski definition) is 5. The second kappa shape index (κ2) is 11.1. The van der Waals surface area contributed by atoms with Gasteiger partial charge in [0.1, 0.15) is 10.6 Å². The normalized spacial score (nSPS) is 11.6. The molecule has 3 aromatic carbocycles. The summed E-state index contributed by atoms with van der Waals surface area (Å²) in [4.78, 5) is 12.6. The first-order chi connectivity index (χ1) is 15.8. The minimum Gasteiger partial charge on any atom is -0.495 e. The van der Waals surface area contributed by atoms with E-state index in [1.54, 1.807) is 55.5 Å². The largest absolute Gasteiger partial charge is 0.495 e. The van der Waals surface area contributed by atoms with Gasteiger partial charge >= 0.3 is 0 Å². The first kappa shape index (κ1) is 24.4. The van der Waals surface area contributed by atoms with Gasteiger partial charge in [0.15, 0.2) is 0 Å². The van der Waals surface area contributed by atoms with Crippen LogP contribution in [0.25, 0.3) is 0 Å². The molecule has 0 unspecified atom stereocenters. The van der Waals surface area contributed by atoms with Crippen LogP contribution >= 0.6 is 11.6 Å². The highest BCUT2D eigenvalue weighted by molar-refractivity contribution is 7.89. The Hall–Kier alpha value is -3.20. The van der Waals surface area contributed by atoms with Crippen LogP contribution in [-0.2, 0) is 21.4 Å². The van der Waals surface area contributed by atoms with Crippen molar-refractivity contribution in [2.45, 2.75) is 18.4 Å². The summed E-state index contributed by atoms with van der Waals surface area (Å²) >= 11 is 5.86. The summed E-state index contributed by atoms with van der Waals surface area (Å²) in [5.74, 6) is -0.369. The van der Waals surface area contributed by atoms with Crippen LogP contribution in [0.15, 0.2) is 82.8 Å². The first-order valence-electron chi connectivity index (χ1n) is 10.1. The Bertz CT molecular complexity index is 1230. The minimum atomic E-state index is -4.06. The molecule has 33 heavy (non-hydrogen) atoms. The van der Waals surface area contributed by atoms with Crippen molar-refractivity contribution in [3.8, 4) is 5.75 Å². The van der Waals surface area contributed by atoms with E-state index in [-0.39, 0.29) is 17.2 Å². The number of methoxy groups -OCH3 is 1. The number of nitrogens with one attached hydrogen (secondary N) is 1. The summed E-state index contributed by atoms with van der Waals surface area (Å²) in [5, 5.41) is 4.51. The summed E-state index contributed by atoms with van der Waals surface area (Å²) in [5.41, 5.74) is 4.62. The van der Waals surface area contributed by atoms with Crippen molar-refractivity contribution in [1.82, 2.24) is 9.73 Å². The molecular formula is C24H24ClN3O4S. The number of benzene rings is 3. The summed E-state index contributed by atoms with van der Waals surface area (Å²) < 4.78 is 33.5. The number of sulfonamides is 1. The van der Waals surface area contributed by atoms with E-state index < -0.39 is 22.5 Å². The highest BCUT2D eigenvalue weighted by atomic mass is 35.5. The maximum absolute atomic E-state index is 13.5. The third-order valence-corrected chi connectivity index (χ3v) is 6.80. The van der Waals surface area contributed by atoms with Crippen molar-refractivity contribution in [3.05, 3.63) is 94.5 Å². The van der Waals surface area contributed by atoms with Crippen molar-refractivity contribution < 1.29 is 17.9 Å². The zero-order valence-corrected chi connectivity index (χ0v) is 19.8. The maximum Gasteiger partial charge on any atom is 0.255 e. The molecule has 0 aliphatic carbocycles. The number of halogens is 1. The van der Waals surface area contributed by atoms with Crippen molar-refractivity contribution in [1.29, 1.82) is 0 Å². The number of carbonyl (C=O) groups is 1. The van der Waals surface area contributed by atoms with Gasteiger partial charge in [-0.15, -0.1) is 0 Å². The van der Waals surface area contributed by atoms with E-state index in [4.69, 9.17) is 16.3 Å². The van der Waals surface area contributed by atoms with Gasteiger partial charge in [0.05, 0.1) is 19.9 Å². The van der Waals surface area contributed by atoms with Crippen LogP contribution < -0.4 is 10.2 Å². The molecule has 172 valence electrons. The number of ether oxygens (including phenoxy) is 1. The molecule has 7 nitrogen and oxygen atoms in total. The van der Waals surface area contributed by atoms with Gasteiger partial charge in [-0.25, -0.2) is 13.8 Å². The van der Waals surface area contributed by atoms with Crippen LogP contribution in [0.1, 0.15) is 16.7 Å². The average Bonchev–Trinajstić information content (AvgIpc) is 2.80. The fourth-order valence-corrected chi connectivity index (χ4v) is 4.81. The lowest BCUT2D eigenvalue weighted by Crippen LogP contribution is -2.39. The van der Waals surface area contributed by atoms with Crippen LogP contribution in [0.5, 0.6) is 5.75 Å². The highest BCUT2D eigenvalue weighted by Crippen LogP contribution is 2.28. The van der Waals surface area contributed by atoms with Gasteiger partial charge in [0, 0.05) is 11.6 Å². The van der Waals surface area contributed by atoms with Gasteiger partial charge in [-0.3, -0.25) is 4.79 Å². The van der Waals surface area contributed by atoms with E-state index in [0.717, 1.165) is 21.0 Å². The van der Waals surface area contributed by atoms with Crippen LogP contribution in [0.3, 0.4) is 0 Å². The fraction of sp³-hybridized carbons (Fsp3) is 0.167. The molecule has 0 aliphatic heterocycles. The van der Waals surface area contributed by atoms with E-state index in [1.165, 1.54) is 19.4 Å². The van der Waals surface area contributed by atoms with Crippen LogP contribution in [0.4, 0.5) is 0 Å². The molecule has 0 aliphatic rings. The van der Waals surface area contributed by atoms with Crippen LogP contribution in [0.2, 0.25) is 5.02 Å². The number of hydrazone groups is 1. The Kier molecular flexibility index (Phi) is 8.21. The van der Waals surface area contributed by atoms with Gasteiger partial charge < -0.3 is 4.74 Å². The monoisotopic (exact) mass is 485 g/mol. The summed E-state index contributed by atoms with van der Waals surface area (Å²) in [6.45, 7) is 1.37. The molecule has 3 aromatic rings. The zero-order chi connectivity index (χ0) is 23.8. The number of amides is 1. The lowest BCUT2D eigenvalue weighted by molar-refractivity contribution is -0.121. The highest BCUT2D eigenvalue weighted by Gasteiger charge is 2.30. The summed E-state index contributed by atoms with van der Waals surface area (Å²) in [6, 6.07) is 20.8. The van der Waals surface area contributed by atoms with Crippen molar-refractivity contribution in [3.63, 3.8) is 0 Å². The minimum absolute atomic E-state index is 0.00148. The van der Waals surface area contributed by atoms with Gasteiger partial charge in [0.2, 0.25) is 10.0 Å². The van der Waals surface area contributed by atoms with Crippen molar-refractivity contribution in [2.24, 2.45) is 5.10 Å². The molecule has 9 heteroatoms. The number of nitrogens with zero attached hydrogens (tertiary/aromatic N) is 2. The standard InChI is InChI=1S/C24H24ClN3O4S/c1-18-8-13-22(32-2)23(14-18)33(30,31)28(16-20-6-4-3-5-7-20)17-24(29)27-26-15-19-9-11-21(25)12-10-19/h3-15H,16-17H2,1-2H3,(H,27,29). The molecule has 0 bridgehead atoms. The molecule has 0 fully saturated rings. The number of hydrogen-bond donors (Lipinski definition) is 1. The number of aryl methyl sites for hydroxylation is 1. The molecule has 1 amide bonds. The van der Waals surface area contributed by atoms with E-state index in [9.17, 15) is 13.2 Å². The van der Waals surface area contributed by atoms with Crippen LogP contribution in [0, 0.1) is 6.92 Å². The van der Waals surface area contributed by atoms with Crippen molar-refractivity contribution >= 4 is 33.7 Å². The van der Waals surface area contributed by atoms with Crippen LogP contribution in [-0.4, -0.2) is 38.5 Å². The Morgan fingerprint density at radius 2 is 1.79 bits per heavy atom. The predicted molar refractivity (Wildman–Crippen MR) is 129 cm³/mol. The topological polar surface area (TPSA) is 88.1 Å². The van der Waals surface area contributed by atoms with E-state index >= 15 is 0 Å². The zero-order valence-electron chi connectivity index (χ0n) is 18.2. The van der Waals surface area contributed by atoms with E-state index in [2.05, 4.69) is 10.5 Å². The number of rotatable bonds is 9. The Morgan fingerprint density at radius 1 is 1.09 bits per heavy atom. The summed E-state index contributed by atoms with van der Waals surface area (Å²) in [6.07, 6.45) is 1.45. The van der Waals surface area contributed by atoms with Gasteiger partial charge in [-0.2, -0.15) is 9.41 Å². The Morgan fingerprint density at radius 3 is 2.45 bits per heavy atom. The van der Waals surface area contributed by atoms with Gasteiger partial charge in [0.25, 0.3) is 5.91 Å².